The van der Waals surface area contributed by atoms with Gasteiger partial charge in [0.15, 0.2) is 5.78 Å². The molecule has 0 saturated heterocycles. The summed E-state index contributed by atoms with van der Waals surface area (Å²) in [6.07, 6.45) is -1.13. The monoisotopic (exact) mass is 242 g/mol. The second-order valence-electron chi connectivity index (χ2n) is 3.91. The largest absolute Gasteiger partial charge is 0.497 e. The number of ether oxygens (including phenoxy) is 1. The van der Waals surface area contributed by atoms with Crippen LogP contribution in [0.5, 0.6) is 5.75 Å². The van der Waals surface area contributed by atoms with Crippen molar-refractivity contribution < 1.29 is 14.6 Å². The molecule has 0 spiro atoms. The van der Waals surface area contributed by atoms with Gasteiger partial charge in [-0.15, -0.1) is 0 Å². The molecule has 18 heavy (non-hydrogen) atoms. The first kappa shape index (κ1) is 12.3. The highest BCUT2D eigenvalue weighted by Crippen LogP contribution is 2.20. The van der Waals surface area contributed by atoms with Crippen LogP contribution in [0.25, 0.3) is 0 Å². The fourth-order valence-corrected chi connectivity index (χ4v) is 1.70. The first-order valence-electron chi connectivity index (χ1n) is 5.63. The average molecular weight is 242 g/mol. The van der Waals surface area contributed by atoms with E-state index in [9.17, 15) is 9.90 Å². The molecule has 0 saturated carbocycles. The highest BCUT2D eigenvalue weighted by molar-refractivity contribution is 5.99. The summed E-state index contributed by atoms with van der Waals surface area (Å²) < 4.78 is 5.02. The Balaban J connectivity index is 2.20. The molecule has 0 aliphatic carbocycles. The minimum absolute atomic E-state index is 0.316. The molecule has 2 rings (SSSR count). The second-order valence-corrected chi connectivity index (χ2v) is 3.91. The number of hydrogen-bond acceptors (Lipinski definition) is 3. The van der Waals surface area contributed by atoms with Crippen LogP contribution in [-0.4, -0.2) is 18.0 Å². The normalized spacial score (nSPS) is 11.9. The topological polar surface area (TPSA) is 46.5 Å². The number of carbonyl (C=O) groups is 1. The molecule has 0 unspecified atom stereocenters. The van der Waals surface area contributed by atoms with E-state index in [0.717, 1.165) is 0 Å². The van der Waals surface area contributed by atoms with Gasteiger partial charge in [0.05, 0.1) is 7.11 Å². The number of aliphatic hydroxyl groups excluding tert-OH is 1. The van der Waals surface area contributed by atoms with Crippen molar-refractivity contribution in [3.8, 4) is 5.75 Å². The Morgan fingerprint density at radius 3 is 2.22 bits per heavy atom. The van der Waals surface area contributed by atoms with Crippen molar-refractivity contribution in [2.24, 2.45) is 0 Å². The van der Waals surface area contributed by atoms with E-state index < -0.39 is 6.10 Å². The summed E-state index contributed by atoms with van der Waals surface area (Å²) in [6, 6.07) is 15.6. The number of carbonyl (C=O) groups excluding carboxylic acids is 1. The fraction of sp³-hybridized carbons (Fsp3) is 0.133. The van der Waals surface area contributed by atoms with Gasteiger partial charge in [0, 0.05) is 5.56 Å². The van der Waals surface area contributed by atoms with Gasteiger partial charge < -0.3 is 9.84 Å². The summed E-state index contributed by atoms with van der Waals surface area (Å²) in [4.78, 5) is 12.1. The molecule has 0 fully saturated rings. The van der Waals surface area contributed by atoms with Crippen LogP contribution in [0.4, 0.5) is 0 Å². The van der Waals surface area contributed by atoms with Crippen molar-refractivity contribution in [3.05, 3.63) is 65.7 Å². The molecule has 0 radical (unpaired) electrons. The van der Waals surface area contributed by atoms with E-state index in [1.54, 1.807) is 55.6 Å². The third kappa shape index (κ3) is 2.57. The van der Waals surface area contributed by atoms with Crippen LogP contribution in [-0.2, 0) is 0 Å². The lowest BCUT2D eigenvalue weighted by molar-refractivity contribution is 0.0747. The maximum atomic E-state index is 12.1. The van der Waals surface area contributed by atoms with Crippen LogP contribution in [0, 0.1) is 0 Å². The molecule has 3 nitrogen and oxygen atoms in total. The predicted octanol–water partition coefficient (Wildman–Crippen LogP) is 2.61. The van der Waals surface area contributed by atoms with Gasteiger partial charge >= 0.3 is 0 Å². The lowest BCUT2D eigenvalue weighted by Crippen LogP contribution is -2.12. The number of aliphatic hydroxyl groups is 1. The number of hydrogen-bond donors (Lipinski definition) is 1. The van der Waals surface area contributed by atoms with Crippen LogP contribution < -0.4 is 4.74 Å². The van der Waals surface area contributed by atoms with Gasteiger partial charge in [-0.1, -0.05) is 30.3 Å². The number of rotatable bonds is 4. The molecule has 0 heterocycles. The van der Waals surface area contributed by atoms with Gasteiger partial charge in [-0.25, -0.2) is 0 Å². The maximum absolute atomic E-state index is 12.1. The SMILES string of the molecule is COc1ccc(C(=O)[C@@H](O)c2ccccc2)cc1. The number of Topliss-reactive ketones (excluding diaryl/α,β-unsaturated/α-hetero) is 1. The summed E-state index contributed by atoms with van der Waals surface area (Å²) in [5.74, 6) is 0.365. The van der Waals surface area contributed by atoms with E-state index >= 15 is 0 Å². The average Bonchev–Trinajstić information content (AvgIpc) is 2.47. The number of methoxy groups -OCH3 is 1. The van der Waals surface area contributed by atoms with Crippen molar-refractivity contribution in [1.29, 1.82) is 0 Å². The van der Waals surface area contributed by atoms with Gasteiger partial charge in [-0.3, -0.25) is 4.79 Å². The Kier molecular flexibility index (Phi) is 3.75. The highest BCUT2D eigenvalue weighted by atomic mass is 16.5. The van der Waals surface area contributed by atoms with Gasteiger partial charge in [0.2, 0.25) is 0 Å². The minimum Gasteiger partial charge on any atom is -0.497 e. The second kappa shape index (κ2) is 5.47. The van der Waals surface area contributed by atoms with Crippen LogP contribution in [0.3, 0.4) is 0 Å². The lowest BCUT2D eigenvalue weighted by Gasteiger charge is -2.10. The molecule has 0 bridgehead atoms. The van der Waals surface area contributed by atoms with Crippen molar-refractivity contribution in [3.63, 3.8) is 0 Å². The Morgan fingerprint density at radius 1 is 1.06 bits per heavy atom. The van der Waals surface area contributed by atoms with Crippen molar-refractivity contribution in [2.45, 2.75) is 6.10 Å². The fourth-order valence-electron chi connectivity index (χ4n) is 1.70. The van der Waals surface area contributed by atoms with E-state index in [-0.39, 0.29) is 5.78 Å². The summed E-state index contributed by atoms with van der Waals surface area (Å²) in [6.45, 7) is 0. The van der Waals surface area contributed by atoms with Crippen molar-refractivity contribution in [1.82, 2.24) is 0 Å². The van der Waals surface area contributed by atoms with Crippen LogP contribution in [0.15, 0.2) is 54.6 Å². The van der Waals surface area contributed by atoms with Gasteiger partial charge in [0.25, 0.3) is 0 Å². The molecular formula is C15H14O3. The van der Waals surface area contributed by atoms with Crippen LogP contribution >= 0.6 is 0 Å². The quantitative estimate of drug-likeness (QED) is 0.838. The first-order chi connectivity index (χ1) is 8.72. The zero-order chi connectivity index (χ0) is 13.0. The number of ketones is 1. The lowest BCUT2D eigenvalue weighted by atomic mass is 10.00. The van der Waals surface area contributed by atoms with Gasteiger partial charge in [-0.2, -0.15) is 0 Å². The predicted molar refractivity (Wildman–Crippen MR) is 68.7 cm³/mol. The van der Waals surface area contributed by atoms with E-state index in [0.29, 0.717) is 16.9 Å². The third-order valence-corrected chi connectivity index (χ3v) is 2.74. The zero-order valence-electron chi connectivity index (χ0n) is 10.0. The molecule has 92 valence electrons. The van der Waals surface area contributed by atoms with Gasteiger partial charge in [-0.05, 0) is 29.8 Å². The molecule has 2 aromatic rings. The molecule has 3 heteroatoms. The molecule has 1 N–H and O–H groups in total. The number of benzene rings is 2. The molecule has 0 aromatic heterocycles. The maximum Gasteiger partial charge on any atom is 0.195 e. The molecule has 0 aliphatic heterocycles. The van der Waals surface area contributed by atoms with E-state index in [4.69, 9.17) is 4.74 Å². The summed E-state index contributed by atoms with van der Waals surface area (Å²) in [7, 11) is 1.57. The molecule has 0 aliphatic rings. The molecular weight excluding hydrogens is 228 g/mol. The van der Waals surface area contributed by atoms with E-state index in [2.05, 4.69) is 0 Å². The smallest absolute Gasteiger partial charge is 0.195 e. The Labute approximate surface area is 106 Å². The standard InChI is InChI=1S/C15H14O3/c1-18-13-9-7-12(8-10-13)15(17)14(16)11-5-3-2-4-6-11/h2-10,14,16H,1H3/t14-/m0/s1. The Morgan fingerprint density at radius 2 is 1.67 bits per heavy atom. The van der Waals surface area contributed by atoms with E-state index in [1.165, 1.54) is 0 Å². The minimum atomic E-state index is -1.13. The third-order valence-electron chi connectivity index (χ3n) is 2.74. The van der Waals surface area contributed by atoms with Crippen LogP contribution in [0.2, 0.25) is 0 Å². The van der Waals surface area contributed by atoms with Gasteiger partial charge in [0.1, 0.15) is 11.9 Å². The summed E-state index contributed by atoms with van der Waals surface area (Å²) >= 11 is 0. The highest BCUT2D eigenvalue weighted by Gasteiger charge is 2.18. The molecule has 1 atom stereocenters. The molecule has 2 aromatic carbocycles. The van der Waals surface area contributed by atoms with Crippen molar-refractivity contribution >= 4 is 5.78 Å². The zero-order valence-corrected chi connectivity index (χ0v) is 10.0. The van der Waals surface area contributed by atoms with E-state index in [1.807, 2.05) is 6.07 Å². The van der Waals surface area contributed by atoms with Crippen molar-refractivity contribution in [2.75, 3.05) is 7.11 Å². The molecule has 0 amide bonds. The first-order valence-corrected chi connectivity index (χ1v) is 5.63. The summed E-state index contributed by atoms with van der Waals surface area (Å²) in [5.41, 5.74) is 1.06. The van der Waals surface area contributed by atoms with Crippen LogP contribution in [0.1, 0.15) is 22.0 Å². The Bertz CT molecular complexity index is 517. The summed E-state index contributed by atoms with van der Waals surface area (Å²) in [5, 5.41) is 9.99. The Hall–Kier alpha value is -2.13.